The summed E-state index contributed by atoms with van der Waals surface area (Å²) in [5.74, 6) is -0.103. The standard InChI is InChI=1S/C32H34N2O3/c1-3-37-31(36)32(20-21-32)27-18-16-24(17-19-27)23-12-14-25(15-13-23)28-22-33-34(2)29(28)10-7-11-30(35)26-8-5-4-6-9-26/h4-6,8-9,12-19,22,30,35H,3,7,10-11,20-21H2,1-2H3. The number of aromatic nitrogens is 2. The number of hydrogen-bond acceptors (Lipinski definition) is 4. The SMILES string of the molecule is CCOC(=O)C1(c2ccc(-c3ccc(-c4cnn(C)c4CCCC(O)c4ccccc4)cc3)cc2)CC1. The summed E-state index contributed by atoms with van der Waals surface area (Å²) < 4.78 is 7.24. The molecule has 1 N–H and O–H groups in total. The number of ether oxygens (including phenoxy) is 1. The number of aliphatic hydroxyl groups excluding tert-OH is 1. The van der Waals surface area contributed by atoms with Crippen molar-refractivity contribution in [3.63, 3.8) is 0 Å². The van der Waals surface area contributed by atoms with E-state index in [2.05, 4.69) is 53.6 Å². The summed E-state index contributed by atoms with van der Waals surface area (Å²) in [7, 11) is 1.98. The maximum atomic E-state index is 12.4. The van der Waals surface area contributed by atoms with Gasteiger partial charge in [-0.25, -0.2) is 0 Å². The third-order valence-corrected chi connectivity index (χ3v) is 7.52. The lowest BCUT2D eigenvalue weighted by molar-refractivity contribution is -0.146. The van der Waals surface area contributed by atoms with Crippen molar-refractivity contribution in [3.05, 3.63) is 102 Å². The molecule has 37 heavy (non-hydrogen) atoms. The van der Waals surface area contributed by atoms with Crippen molar-refractivity contribution >= 4 is 5.97 Å². The Morgan fingerprint density at radius 3 is 2.22 bits per heavy atom. The molecule has 0 saturated heterocycles. The maximum Gasteiger partial charge on any atom is 0.316 e. The van der Waals surface area contributed by atoms with Crippen LogP contribution in [0.4, 0.5) is 0 Å². The van der Waals surface area contributed by atoms with Gasteiger partial charge >= 0.3 is 5.97 Å². The highest BCUT2D eigenvalue weighted by Crippen LogP contribution is 2.49. The lowest BCUT2D eigenvalue weighted by atomic mass is 9.93. The zero-order chi connectivity index (χ0) is 25.8. The van der Waals surface area contributed by atoms with E-state index in [9.17, 15) is 9.90 Å². The highest BCUT2D eigenvalue weighted by Gasteiger charge is 2.52. The number of aryl methyl sites for hydroxylation is 1. The first-order valence-electron chi connectivity index (χ1n) is 13.1. The van der Waals surface area contributed by atoms with Crippen molar-refractivity contribution in [1.29, 1.82) is 0 Å². The number of aliphatic hydroxyl groups is 1. The molecule has 0 aliphatic heterocycles. The smallest absolute Gasteiger partial charge is 0.316 e. The van der Waals surface area contributed by atoms with Gasteiger partial charge in [0.2, 0.25) is 0 Å². The first-order chi connectivity index (χ1) is 18.0. The largest absolute Gasteiger partial charge is 0.465 e. The van der Waals surface area contributed by atoms with Crippen molar-refractivity contribution in [3.8, 4) is 22.3 Å². The lowest BCUT2D eigenvalue weighted by Crippen LogP contribution is -2.23. The van der Waals surface area contributed by atoms with E-state index >= 15 is 0 Å². The second-order valence-corrected chi connectivity index (χ2v) is 9.90. The quantitative estimate of drug-likeness (QED) is 0.259. The third-order valence-electron chi connectivity index (χ3n) is 7.52. The molecule has 5 heteroatoms. The number of carbonyl (C=O) groups is 1. The van der Waals surface area contributed by atoms with E-state index in [4.69, 9.17) is 4.74 Å². The molecule has 1 unspecified atom stereocenters. The molecule has 0 amide bonds. The van der Waals surface area contributed by atoms with Gasteiger partial charge in [-0.3, -0.25) is 9.48 Å². The number of hydrogen-bond donors (Lipinski definition) is 1. The minimum atomic E-state index is -0.448. The fourth-order valence-electron chi connectivity index (χ4n) is 5.13. The van der Waals surface area contributed by atoms with Gasteiger partial charge in [0.15, 0.2) is 0 Å². The highest BCUT2D eigenvalue weighted by molar-refractivity contribution is 5.87. The Kier molecular flexibility index (Phi) is 7.24. The molecule has 4 aromatic rings. The van der Waals surface area contributed by atoms with Gasteiger partial charge in [0, 0.05) is 18.3 Å². The monoisotopic (exact) mass is 494 g/mol. The molecule has 1 aliphatic rings. The normalized spacial score (nSPS) is 14.8. The topological polar surface area (TPSA) is 64.3 Å². The van der Waals surface area contributed by atoms with Crippen LogP contribution in [-0.2, 0) is 28.4 Å². The van der Waals surface area contributed by atoms with Gasteiger partial charge < -0.3 is 9.84 Å². The van der Waals surface area contributed by atoms with E-state index in [1.54, 1.807) is 0 Å². The van der Waals surface area contributed by atoms with Crippen molar-refractivity contribution in [2.24, 2.45) is 7.05 Å². The summed E-state index contributed by atoms with van der Waals surface area (Å²) >= 11 is 0. The molecule has 5 rings (SSSR count). The van der Waals surface area contributed by atoms with Gasteiger partial charge in [-0.1, -0.05) is 78.9 Å². The molecule has 0 spiro atoms. The Morgan fingerprint density at radius 2 is 1.59 bits per heavy atom. The molecule has 1 aliphatic carbocycles. The maximum absolute atomic E-state index is 12.4. The molecule has 1 atom stereocenters. The lowest BCUT2D eigenvalue weighted by Gasteiger charge is -2.15. The Hall–Kier alpha value is -3.70. The third kappa shape index (κ3) is 5.23. The van der Waals surface area contributed by atoms with Crippen LogP contribution in [-0.4, -0.2) is 27.5 Å². The fourth-order valence-corrected chi connectivity index (χ4v) is 5.13. The molecule has 1 saturated carbocycles. The van der Waals surface area contributed by atoms with Gasteiger partial charge in [0.05, 0.1) is 24.3 Å². The van der Waals surface area contributed by atoms with Crippen molar-refractivity contribution in [2.75, 3.05) is 6.61 Å². The highest BCUT2D eigenvalue weighted by atomic mass is 16.5. The number of carbonyl (C=O) groups excluding carboxylic acids is 1. The van der Waals surface area contributed by atoms with Crippen LogP contribution in [0.1, 0.15) is 55.5 Å². The van der Waals surface area contributed by atoms with E-state index in [1.807, 2.05) is 55.2 Å². The molecule has 1 heterocycles. The Balaban J connectivity index is 1.26. The van der Waals surface area contributed by atoms with Crippen LogP contribution in [0.3, 0.4) is 0 Å². The summed E-state index contributed by atoms with van der Waals surface area (Å²) in [5, 5.41) is 15.0. The molecule has 190 valence electrons. The van der Waals surface area contributed by atoms with E-state index < -0.39 is 11.5 Å². The van der Waals surface area contributed by atoms with Gasteiger partial charge in [-0.15, -0.1) is 0 Å². The minimum Gasteiger partial charge on any atom is -0.465 e. The van der Waals surface area contributed by atoms with Crippen LogP contribution in [0.2, 0.25) is 0 Å². The fraction of sp³-hybridized carbons (Fsp3) is 0.312. The average molecular weight is 495 g/mol. The molecule has 5 nitrogen and oxygen atoms in total. The molecule has 1 fully saturated rings. The van der Waals surface area contributed by atoms with E-state index in [-0.39, 0.29) is 5.97 Å². The van der Waals surface area contributed by atoms with Gasteiger partial charge in [0.25, 0.3) is 0 Å². The van der Waals surface area contributed by atoms with Gasteiger partial charge in [-0.2, -0.15) is 5.10 Å². The molecule has 0 radical (unpaired) electrons. The zero-order valence-electron chi connectivity index (χ0n) is 21.6. The van der Waals surface area contributed by atoms with Gasteiger partial charge in [-0.05, 0) is 66.8 Å². The van der Waals surface area contributed by atoms with Crippen molar-refractivity contribution in [2.45, 2.75) is 50.5 Å². The first-order valence-corrected chi connectivity index (χ1v) is 13.1. The van der Waals surface area contributed by atoms with Crippen LogP contribution in [0.15, 0.2) is 85.1 Å². The molecule has 1 aromatic heterocycles. The second-order valence-electron chi connectivity index (χ2n) is 9.90. The van der Waals surface area contributed by atoms with Crippen molar-refractivity contribution < 1.29 is 14.6 Å². The number of nitrogens with zero attached hydrogens (tertiary/aromatic N) is 2. The zero-order valence-corrected chi connectivity index (χ0v) is 21.6. The molecule has 0 bridgehead atoms. The van der Waals surface area contributed by atoms with Gasteiger partial charge in [0.1, 0.15) is 0 Å². The average Bonchev–Trinajstić information content (AvgIpc) is 3.68. The second kappa shape index (κ2) is 10.7. The number of esters is 1. The first kappa shape index (κ1) is 25.0. The summed E-state index contributed by atoms with van der Waals surface area (Å²) in [5.41, 5.74) is 7.25. The van der Waals surface area contributed by atoms with Crippen LogP contribution >= 0.6 is 0 Å². The van der Waals surface area contributed by atoms with Crippen LogP contribution in [0.5, 0.6) is 0 Å². The Bertz CT molecular complexity index is 1340. The summed E-state index contributed by atoms with van der Waals surface area (Å²) in [6.45, 7) is 2.27. The summed E-state index contributed by atoms with van der Waals surface area (Å²) in [6.07, 6.45) is 5.63. The minimum absolute atomic E-state index is 0.103. The molecular formula is C32H34N2O3. The Morgan fingerprint density at radius 1 is 0.973 bits per heavy atom. The van der Waals surface area contributed by atoms with Crippen molar-refractivity contribution in [1.82, 2.24) is 9.78 Å². The van der Waals surface area contributed by atoms with E-state index in [0.29, 0.717) is 13.0 Å². The predicted octanol–water partition coefficient (Wildman–Crippen LogP) is 6.41. The number of benzene rings is 3. The Labute approximate surface area is 218 Å². The number of rotatable bonds is 10. The predicted molar refractivity (Wildman–Crippen MR) is 146 cm³/mol. The summed E-state index contributed by atoms with van der Waals surface area (Å²) in [6, 6.07) is 26.7. The van der Waals surface area contributed by atoms with E-state index in [0.717, 1.165) is 59.1 Å². The van der Waals surface area contributed by atoms with Crippen LogP contribution in [0.25, 0.3) is 22.3 Å². The van der Waals surface area contributed by atoms with E-state index in [1.165, 1.54) is 5.69 Å². The molecular weight excluding hydrogens is 460 g/mol. The van der Waals surface area contributed by atoms with Crippen LogP contribution < -0.4 is 0 Å². The summed E-state index contributed by atoms with van der Waals surface area (Å²) in [4.78, 5) is 12.4. The molecule has 3 aromatic carbocycles. The van der Waals surface area contributed by atoms with Crippen LogP contribution in [0, 0.1) is 0 Å².